The van der Waals surface area contributed by atoms with Crippen molar-refractivity contribution in [2.45, 2.75) is 111 Å². The van der Waals surface area contributed by atoms with Crippen molar-refractivity contribution in [3.63, 3.8) is 0 Å². The molecule has 1 heterocycles. The summed E-state index contributed by atoms with van der Waals surface area (Å²) in [6, 6.07) is -4.50. The lowest BCUT2D eigenvalue weighted by Crippen LogP contribution is -2.62. The van der Waals surface area contributed by atoms with Crippen LogP contribution in [-0.2, 0) is 28.7 Å². The van der Waals surface area contributed by atoms with E-state index < -0.39 is 65.1 Å². The maximum Gasteiger partial charge on any atom is 0.329 e. The van der Waals surface area contributed by atoms with E-state index in [1.54, 1.807) is 13.8 Å². The van der Waals surface area contributed by atoms with Crippen molar-refractivity contribution < 1.29 is 33.5 Å². The van der Waals surface area contributed by atoms with E-state index in [0.29, 0.717) is 25.3 Å². The van der Waals surface area contributed by atoms with E-state index in [2.05, 4.69) is 16.0 Å². The summed E-state index contributed by atoms with van der Waals surface area (Å²) in [5.41, 5.74) is 4.32. The highest BCUT2D eigenvalue weighted by Crippen LogP contribution is 2.65. The molecule has 0 aromatic heterocycles. The summed E-state index contributed by atoms with van der Waals surface area (Å²) >= 11 is 0. The van der Waals surface area contributed by atoms with Crippen LogP contribution in [-0.4, -0.2) is 77.2 Å². The van der Waals surface area contributed by atoms with Crippen LogP contribution < -0.4 is 21.7 Å². The first-order chi connectivity index (χ1) is 19.9. The third-order valence-corrected chi connectivity index (χ3v) is 9.86. The van der Waals surface area contributed by atoms with Crippen molar-refractivity contribution in [3.05, 3.63) is 0 Å². The van der Waals surface area contributed by atoms with Crippen LogP contribution in [0.15, 0.2) is 0 Å². The van der Waals surface area contributed by atoms with Gasteiger partial charge >= 0.3 is 12.0 Å². The molecule has 5 amide bonds. The molecule has 12 nitrogen and oxygen atoms in total. The molecule has 0 aromatic carbocycles. The van der Waals surface area contributed by atoms with Gasteiger partial charge in [-0.05, 0) is 73.0 Å². The van der Waals surface area contributed by atoms with Gasteiger partial charge in [0.1, 0.15) is 30.3 Å². The Labute approximate surface area is 253 Å². The molecule has 43 heavy (non-hydrogen) atoms. The highest BCUT2D eigenvalue weighted by molar-refractivity contribution is 6.38. The average Bonchev–Trinajstić information content (AvgIpc) is 3.82. The largest absolute Gasteiger partial charge is 0.461 e. The molecule has 240 valence electrons. The van der Waals surface area contributed by atoms with Crippen LogP contribution >= 0.6 is 0 Å². The SMILES string of the molecule is CC(OC(=O)[C@@H](NC(=O)N[C@H](C(=O)N1C[C@H]2[C@@H]([C@H]1C(=O)NC(C(=O)C(N)=O)C1CC1)C2(C)C)C(C)(C)C)C(C)C)C1CC1. The van der Waals surface area contributed by atoms with E-state index in [9.17, 15) is 28.8 Å². The fraction of sp³-hybridized carbons (Fsp3) is 0.806. The lowest BCUT2D eigenvalue weighted by Gasteiger charge is -2.38. The Morgan fingerprint density at radius 2 is 1.49 bits per heavy atom. The van der Waals surface area contributed by atoms with Crippen molar-refractivity contribution >= 4 is 35.5 Å². The van der Waals surface area contributed by atoms with Gasteiger partial charge in [-0.15, -0.1) is 0 Å². The number of fused-ring (bicyclic) bond motifs is 1. The van der Waals surface area contributed by atoms with E-state index in [4.69, 9.17) is 10.5 Å². The topological polar surface area (TPSA) is 177 Å². The number of hydrogen-bond donors (Lipinski definition) is 4. The van der Waals surface area contributed by atoms with Gasteiger partial charge in [-0.2, -0.15) is 0 Å². The normalized spacial score (nSPS) is 26.8. The first-order valence-electron chi connectivity index (χ1n) is 15.6. The predicted octanol–water partition coefficient (Wildman–Crippen LogP) is 1.50. The second kappa shape index (κ2) is 11.7. The maximum atomic E-state index is 14.1. The van der Waals surface area contributed by atoms with Gasteiger partial charge in [0.2, 0.25) is 17.6 Å². The first kappa shape index (κ1) is 32.7. The number of amides is 5. The average molecular weight is 604 g/mol. The van der Waals surface area contributed by atoms with E-state index in [-0.39, 0.29) is 35.2 Å². The summed E-state index contributed by atoms with van der Waals surface area (Å²) in [4.78, 5) is 79.7. The minimum atomic E-state index is -1.10. The number of urea groups is 1. The second-order valence-electron chi connectivity index (χ2n) is 15.1. The fourth-order valence-electron chi connectivity index (χ4n) is 6.58. The van der Waals surface area contributed by atoms with Crippen LogP contribution in [0.3, 0.4) is 0 Å². The molecule has 0 bridgehead atoms. The molecule has 4 aliphatic rings. The smallest absolute Gasteiger partial charge is 0.329 e. The van der Waals surface area contributed by atoms with Gasteiger partial charge in [0.15, 0.2) is 0 Å². The Morgan fingerprint density at radius 3 is 1.98 bits per heavy atom. The standard InChI is InChI=1S/C31H49N5O7/c1-14(2)20(28(41)43-15(3)16-9-10-16)34-29(42)35-24(30(4,5)6)27(40)36-13-18-19(31(18,7)8)22(36)26(39)33-21(17-11-12-17)23(37)25(32)38/h14-22,24H,9-13H2,1-8H3,(H2,32,38)(H,33,39)(H2,34,35,42)/t15?,18-,19-,20-,21?,22-,24+/m0/s1. The number of primary amides is 1. The minimum Gasteiger partial charge on any atom is -0.461 e. The number of ketones is 1. The molecule has 12 heteroatoms. The van der Waals surface area contributed by atoms with Gasteiger partial charge in [-0.25, -0.2) is 9.59 Å². The monoisotopic (exact) mass is 603 g/mol. The van der Waals surface area contributed by atoms with Crippen molar-refractivity contribution in [3.8, 4) is 0 Å². The van der Waals surface area contributed by atoms with Crippen LogP contribution in [0, 0.1) is 40.4 Å². The molecule has 5 N–H and O–H groups in total. The summed E-state index contributed by atoms with van der Waals surface area (Å²) in [7, 11) is 0. The molecular weight excluding hydrogens is 554 g/mol. The number of ether oxygens (including phenoxy) is 1. The van der Waals surface area contributed by atoms with Gasteiger partial charge in [-0.1, -0.05) is 48.5 Å². The summed E-state index contributed by atoms with van der Waals surface area (Å²) in [6.45, 7) is 15.3. The second-order valence-corrected chi connectivity index (χ2v) is 15.1. The lowest BCUT2D eigenvalue weighted by atomic mass is 9.85. The Balaban J connectivity index is 1.49. The van der Waals surface area contributed by atoms with Gasteiger partial charge in [0, 0.05) is 6.54 Å². The zero-order valence-electron chi connectivity index (χ0n) is 26.7. The Hall–Kier alpha value is -3.18. The van der Waals surface area contributed by atoms with E-state index >= 15 is 0 Å². The molecule has 2 unspecified atom stereocenters. The summed E-state index contributed by atoms with van der Waals surface area (Å²) in [5, 5.41) is 8.23. The van der Waals surface area contributed by atoms with Crippen LogP contribution in [0.5, 0.6) is 0 Å². The number of nitrogens with zero attached hydrogens (tertiary/aromatic N) is 1. The number of nitrogens with one attached hydrogen (secondary N) is 3. The fourth-order valence-corrected chi connectivity index (χ4v) is 6.58. The van der Waals surface area contributed by atoms with Crippen molar-refractivity contribution in [2.24, 2.45) is 46.2 Å². The van der Waals surface area contributed by atoms with Gasteiger partial charge in [0.05, 0.1) is 0 Å². The van der Waals surface area contributed by atoms with E-state index in [1.165, 1.54) is 4.90 Å². The Morgan fingerprint density at radius 1 is 0.907 bits per heavy atom. The molecule has 3 aliphatic carbocycles. The number of nitrogens with two attached hydrogens (primary N) is 1. The number of likely N-dealkylation sites (tertiary alicyclic amines) is 1. The molecule has 1 saturated heterocycles. The third-order valence-electron chi connectivity index (χ3n) is 9.86. The van der Waals surface area contributed by atoms with Crippen LogP contribution in [0.4, 0.5) is 4.79 Å². The number of rotatable bonds is 12. The van der Waals surface area contributed by atoms with Crippen LogP contribution in [0.25, 0.3) is 0 Å². The van der Waals surface area contributed by atoms with Crippen molar-refractivity contribution in [2.75, 3.05) is 6.54 Å². The quantitative estimate of drug-likeness (QED) is 0.193. The Kier molecular flexibility index (Phi) is 8.92. The summed E-state index contributed by atoms with van der Waals surface area (Å²) in [6.07, 6.45) is 3.20. The van der Waals surface area contributed by atoms with Gasteiger partial charge < -0.3 is 31.3 Å². The molecule has 0 spiro atoms. The minimum absolute atomic E-state index is 0.0708. The van der Waals surface area contributed by atoms with Crippen LogP contribution in [0.1, 0.15) is 81.1 Å². The number of esters is 1. The van der Waals surface area contributed by atoms with E-state index in [0.717, 1.165) is 12.8 Å². The molecule has 7 atom stereocenters. The molecule has 4 rings (SSSR count). The summed E-state index contributed by atoms with van der Waals surface area (Å²) in [5.74, 6) is -3.51. The predicted molar refractivity (Wildman–Crippen MR) is 157 cm³/mol. The van der Waals surface area contributed by atoms with Crippen LogP contribution in [0.2, 0.25) is 0 Å². The Bertz CT molecular complexity index is 1170. The third kappa shape index (κ3) is 6.98. The van der Waals surface area contributed by atoms with Gasteiger partial charge in [0.25, 0.3) is 5.91 Å². The molecule has 1 aliphatic heterocycles. The molecule has 0 radical (unpaired) electrons. The number of Topliss-reactive ketones (excluding diaryl/α,β-unsaturated/α-hetero) is 1. The zero-order chi connectivity index (χ0) is 32.2. The molecule has 3 saturated carbocycles. The maximum absolute atomic E-state index is 14.1. The molecule has 0 aromatic rings. The number of carbonyl (C=O) groups excluding carboxylic acids is 6. The summed E-state index contributed by atoms with van der Waals surface area (Å²) < 4.78 is 5.61. The number of piperidine rings is 1. The molecule has 4 fully saturated rings. The van der Waals surface area contributed by atoms with Gasteiger partial charge in [-0.3, -0.25) is 19.2 Å². The van der Waals surface area contributed by atoms with E-state index in [1.807, 2.05) is 41.5 Å². The van der Waals surface area contributed by atoms with Crippen molar-refractivity contribution in [1.82, 2.24) is 20.9 Å². The van der Waals surface area contributed by atoms with Crippen molar-refractivity contribution in [1.29, 1.82) is 0 Å². The molecular formula is C31H49N5O7. The lowest BCUT2D eigenvalue weighted by molar-refractivity contribution is -0.152. The highest BCUT2D eigenvalue weighted by Gasteiger charge is 2.70. The number of hydrogen-bond acceptors (Lipinski definition) is 7. The highest BCUT2D eigenvalue weighted by atomic mass is 16.5. The first-order valence-corrected chi connectivity index (χ1v) is 15.6. The zero-order valence-corrected chi connectivity index (χ0v) is 26.7. The number of carbonyl (C=O) groups is 6.